The summed E-state index contributed by atoms with van der Waals surface area (Å²) in [5.41, 5.74) is 7.04. The van der Waals surface area contributed by atoms with Gasteiger partial charge in [0.25, 0.3) is 0 Å². The van der Waals surface area contributed by atoms with Crippen LogP contribution in [0.1, 0.15) is 25.3 Å². The number of likely N-dealkylation sites (tertiary alicyclic amines) is 1. The predicted octanol–water partition coefficient (Wildman–Crippen LogP) is 2.62. The first-order chi connectivity index (χ1) is 9.99. The van der Waals surface area contributed by atoms with E-state index >= 15 is 0 Å². The second-order valence-electron chi connectivity index (χ2n) is 6.17. The highest BCUT2D eigenvalue weighted by atomic mass is 32.2. The Bertz CT molecular complexity index is 554. The average molecular weight is 320 g/mol. The van der Waals surface area contributed by atoms with Gasteiger partial charge in [-0.2, -0.15) is 0 Å². The Hall–Kier alpha value is -1.07. The molecule has 0 bridgehead atoms. The van der Waals surface area contributed by atoms with Gasteiger partial charge in [-0.15, -0.1) is 11.8 Å². The Morgan fingerprint density at radius 2 is 2.05 bits per heavy atom. The van der Waals surface area contributed by atoms with Crippen molar-refractivity contribution >= 4 is 34.9 Å². The highest BCUT2D eigenvalue weighted by Crippen LogP contribution is 2.39. The molecule has 0 aliphatic carbocycles. The molecule has 2 N–H and O–H groups in total. The summed E-state index contributed by atoms with van der Waals surface area (Å²) in [7, 11) is 0. The maximum Gasteiger partial charge on any atom is 0.236 e. The summed E-state index contributed by atoms with van der Waals surface area (Å²) in [6, 6.07) is 8.30. The molecule has 1 unspecified atom stereocenters. The van der Waals surface area contributed by atoms with Crippen molar-refractivity contribution in [2.45, 2.75) is 36.3 Å². The summed E-state index contributed by atoms with van der Waals surface area (Å²) < 4.78 is 0. The van der Waals surface area contributed by atoms with Crippen molar-refractivity contribution in [3.8, 4) is 0 Å². The van der Waals surface area contributed by atoms with Gasteiger partial charge >= 0.3 is 0 Å². The molecule has 0 saturated carbocycles. The summed E-state index contributed by atoms with van der Waals surface area (Å²) in [6.07, 6.45) is 2.60. The van der Waals surface area contributed by atoms with Crippen LogP contribution in [0.15, 0.2) is 29.2 Å². The number of benzene rings is 1. The number of thioether (sulfide) groups is 1. The van der Waals surface area contributed by atoms with Crippen LogP contribution in [0.2, 0.25) is 0 Å². The molecule has 5 heteroatoms. The second kappa shape index (κ2) is 5.61. The van der Waals surface area contributed by atoms with Crippen molar-refractivity contribution in [2.24, 2.45) is 11.1 Å². The van der Waals surface area contributed by atoms with Crippen molar-refractivity contribution in [1.29, 1.82) is 0 Å². The van der Waals surface area contributed by atoms with Crippen molar-refractivity contribution in [3.05, 3.63) is 29.8 Å². The zero-order valence-corrected chi connectivity index (χ0v) is 13.8. The molecule has 3 nitrogen and oxygen atoms in total. The van der Waals surface area contributed by atoms with Crippen molar-refractivity contribution in [2.75, 3.05) is 13.1 Å². The van der Waals surface area contributed by atoms with Gasteiger partial charge in [0.2, 0.25) is 5.91 Å². The number of amides is 1. The molecule has 1 atom stereocenters. The minimum absolute atomic E-state index is 0.0385. The van der Waals surface area contributed by atoms with Crippen LogP contribution in [0.5, 0.6) is 0 Å². The Morgan fingerprint density at radius 1 is 1.38 bits per heavy atom. The molecule has 21 heavy (non-hydrogen) atoms. The van der Waals surface area contributed by atoms with Crippen LogP contribution in [0, 0.1) is 5.41 Å². The number of hydrogen-bond acceptors (Lipinski definition) is 3. The molecular weight excluding hydrogens is 300 g/mol. The van der Waals surface area contributed by atoms with E-state index in [1.54, 1.807) is 11.8 Å². The van der Waals surface area contributed by atoms with E-state index in [4.69, 9.17) is 18.0 Å². The summed E-state index contributed by atoms with van der Waals surface area (Å²) in [6.45, 7) is 3.64. The van der Waals surface area contributed by atoms with Gasteiger partial charge in [0.15, 0.2) is 0 Å². The zero-order valence-electron chi connectivity index (χ0n) is 12.2. The molecule has 2 aliphatic rings. The van der Waals surface area contributed by atoms with E-state index in [-0.39, 0.29) is 16.6 Å². The van der Waals surface area contributed by atoms with Gasteiger partial charge in [-0.05, 0) is 30.9 Å². The molecule has 1 fully saturated rings. The van der Waals surface area contributed by atoms with Gasteiger partial charge in [0.1, 0.15) is 0 Å². The first kappa shape index (κ1) is 14.9. The molecule has 1 amide bonds. The molecule has 1 aromatic carbocycles. The molecule has 0 aromatic heterocycles. The van der Waals surface area contributed by atoms with E-state index in [2.05, 4.69) is 19.1 Å². The second-order valence-corrected chi connectivity index (χ2v) is 7.85. The van der Waals surface area contributed by atoms with E-state index < -0.39 is 0 Å². The van der Waals surface area contributed by atoms with Crippen molar-refractivity contribution in [1.82, 2.24) is 4.90 Å². The lowest BCUT2D eigenvalue weighted by Crippen LogP contribution is -2.48. The van der Waals surface area contributed by atoms with E-state index in [1.807, 2.05) is 17.0 Å². The van der Waals surface area contributed by atoms with Gasteiger partial charge in [-0.3, -0.25) is 4.79 Å². The minimum Gasteiger partial charge on any atom is -0.393 e. The number of rotatable bonds is 2. The molecule has 0 spiro atoms. The maximum absolute atomic E-state index is 12.7. The van der Waals surface area contributed by atoms with E-state index in [9.17, 15) is 4.79 Å². The van der Waals surface area contributed by atoms with Crippen LogP contribution in [0.25, 0.3) is 0 Å². The molecule has 1 saturated heterocycles. The normalized spacial score (nSPS) is 23.7. The van der Waals surface area contributed by atoms with Crippen LogP contribution < -0.4 is 5.73 Å². The van der Waals surface area contributed by atoms with Gasteiger partial charge in [0, 0.05) is 23.4 Å². The maximum atomic E-state index is 12.7. The first-order valence-corrected chi connectivity index (χ1v) is 8.62. The van der Waals surface area contributed by atoms with Gasteiger partial charge in [-0.25, -0.2) is 0 Å². The molecule has 2 heterocycles. The number of carbonyl (C=O) groups excluding carboxylic acids is 1. The Morgan fingerprint density at radius 3 is 2.67 bits per heavy atom. The standard InChI is InChI=1S/C16H20N2OS2/c1-16(15(17)20)6-8-18(9-7-16)14(19)13-10-11-4-2-3-5-12(11)21-13/h2-5,13H,6-10H2,1H3,(H2,17,20). The Kier molecular flexibility index (Phi) is 3.97. The van der Waals surface area contributed by atoms with Crippen molar-refractivity contribution in [3.63, 3.8) is 0 Å². The Labute approximate surface area is 135 Å². The minimum atomic E-state index is -0.0854. The number of hydrogen-bond donors (Lipinski definition) is 1. The fraction of sp³-hybridized carbons (Fsp3) is 0.500. The van der Waals surface area contributed by atoms with E-state index in [0.29, 0.717) is 4.99 Å². The molecule has 3 rings (SSSR count). The topological polar surface area (TPSA) is 46.3 Å². The number of nitrogens with two attached hydrogens (primary N) is 1. The lowest BCUT2D eigenvalue weighted by atomic mass is 9.80. The fourth-order valence-electron chi connectivity index (χ4n) is 2.99. The fourth-order valence-corrected chi connectivity index (χ4v) is 4.47. The molecule has 0 radical (unpaired) electrons. The summed E-state index contributed by atoms with van der Waals surface area (Å²) in [5, 5.41) is 0.0385. The summed E-state index contributed by atoms with van der Waals surface area (Å²) in [4.78, 5) is 16.5. The average Bonchev–Trinajstić information content (AvgIpc) is 2.91. The van der Waals surface area contributed by atoms with Gasteiger partial charge < -0.3 is 10.6 Å². The van der Waals surface area contributed by atoms with Crippen LogP contribution in [0.4, 0.5) is 0 Å². The van der Waals surface area contributed by atoms with Crippen molar-refractivity contribution < 1.29 is 4.79 Å². The third-order valence-corrected chi connectivity index (χ3v) is 6.49. The monoisotopic (exact) mass is 320 g/mol. The number of nitrogens with zero attached hydrogens (tertiary/aromatic N) is 1. The largest absolute Gasteiger partial charge is 0.393 e. The smallest absolute Gasteiger partial charge is 0.236 e. The molecule has 1 aromatic rings. The molecule has 2 aliphatic heterocycles. The van der Waals surface area contributed by atoms with E-state index in [0.717, 1.165) is 32.4 Å². The third kappa shape index (κ3) is 2.81. The van der Waals surface area contributed by atoms with Gasteiger partial charge in [-0.1, -0.05) is 37.3 Å². The SMILES string of the molecule is CC1(C(N)=S)CCN(C(=O)C2Cc3ccccc3S2)CC1. The number of thiocarbonyl (C=S) groups is 1. The highest BCUT2D eigenvalue weighted by molar-refractivity contribution is 8.01. The molecular formula is C16H20N2OS2. The molecule has 112 valence electrons. The van der Waals surface area contributed by atoms with E-state index in [1.165, 1.54) is 10.5 Å². The first-order valence-electron chi connectivity index (χ1n) is 7.33. The third-order valence-electron chi connectivity index (χ3n) is 4.70. The van der Waals surface area contributed by atoms with Crippen LogP contribution in [0.3, 0.4) is 0 Å². The quantitative estimate of drug-likeness (QED) is 0.851. The predicted molar refractivity (Wildman–Crippen MR) is 90.5 cm³/mol. The number of fused-ring (bicyclic) bond motifs is 1. The lowest BCUT2D eigenvalue weighted by Gasteiger charge is -2.39. The van der Waals surface area contributed by atoms with Crippen LogP contribution >= 0.6 is 24.0 Å². The highest BCUT2D eigenvalue weighted by Gasteiger charge is 2.37. The van der Waals surface area contributed by atoms with Crippen LogP contribution in [-0.2, 0) is 11.2 Å². The summed E-state index contributed by atoms with van der Waals surface area (Å²) >= 11 is 6.86. The number of piperidine rings is 1. The summed E-state index contributed by atoms with van der Waals surface area (Å²) in [5.74, 6) is 0.265. The van der Waals surface area contributed by atoms with Gasteiger partial charge in [0.05, 0.1) is 10.2 Å². The lowest BCUT2D eigenvalue weighted by molar-refractivity contribution is -0.132. The zero-order chi connectivity index (χ0) is 15.0. The number of carbonyl (C=O) groups is 1. The Balaban J connectivity index is 1.63. The van der Waals surface area contributed by atoms with Crippen LogP contribution in [-0.4, -0.2) is 34.1 Å².